The molecule has 1 aromatic carbocycles. The van der Waals surface area contributed by atoms with Gasteiger partial charge >= 0.3 is 6.03 Å². The van der Waals surface area contributed by atoms with Crippen LogP contribution in [0.1, 0.15) is 5.69 Å². The highest BCUT2D eigenvalue weighted by atomic mass is 16.5. The first-order valence-electron chi connectivity index (χ1n) is 7.57. The van der Waals surface area contributed by atoms with Crippen molar-refractivity contribution in [2.24, 2.45) is 7.05 Å². The zero-order valence-electron chi connectivity index (χ0n) is 13.3. The van der Waals surface area contributed by atoms with Gasteiger partial charge in [-0.3, -0.25) is 9.48 Å². The van der Waals surface area contributed by atoms with Gasteiger partial charge in [-0.05, 0) is 19.1 Å². The average molecular weight is 316 g/mol. The Hall–Kier alpha value is -2.54. The van der Waals surface area contributed by atoms with Gasteiger partial charge in [-0.2, -0.15) is 0 Å². The zero-order chi connectivity index (χ0) is 16.4. The highest BCUT2D eigenvalue weighted by Crippen LogP contribution is 2.14. The summed E-state index contributed by atoms with van der Waals surface area (Å²) in [5, 5.41) is 2.76. The van der Waals surface area contributed by atoms with Gasteiger partial charge in [0.1, 0.15) is 5.69 Å². The van der Waals surface area contributed by atoms with Crippen LogP contribution in [0.5, 0.6) is 0 Å². The van der Waals surface area contributed by atoms with Crippen LogP contribution in [-0.2, 0) is 11.8 Å². The van der Waals surface area contributed by atoms with Crippen molar-refractivity contribution in [1.29, 1.82) is 0 Å². The molecule has 2 heterocycles. The SMILES string of the molecule is Cc1c(NC(=O)N2CCOCC2)c(=O)n(-c2ccccc2)n1C. The first kappa shape index (κ1) is 15.4. The van der Waals surface area contributed by atoms with Gasteiger partial charge in [-0.15, -0.1) is 0 Å². The number of anilines is 1. The van der Waals surface area contributed by atoms with Gasteiger partial charge in [0.15, 0.2) is 0 Å². The first-order valence-corrected chi connectivity index (χ1v) is 7.57. The van der Waals surface area contributed by atoms with Gasteiger partial charge in [0.05, 0.1) is 24.6 Å². The van der Waals surface area contributed by atoms with E-state index >= 15 is 0 Å². The molecule has 0 spiro atoms. The molecule has 0 aliphatic carbocycles. The van der Waals surface area contributed by atoms with Crippen molar-refractivity contribution in [2.75, 3.05) is 31.6 Å². The predicted octanol–water partition coefficient (Wildman–Crippen LogP) is 1.35. The lowest BCUT2D eigenvalue weighted by Crippen LogP contribution is -2.43. The number of urea groups is 1. The fraction of sp³-hybridized carbons (Fsp3) is 0.375. The molecule has 0 saturated carbocycles. The summed E-state index contributed by atoms with van der Waals surface area (Å²) < 4.78 is 8.53. The van der Waals surface area contributed by atoms with Crippen molar-refractivity contribution in [3.63, 3.8) is 0 Å². The van der Waals surface area contributed by atoms with Gasteiger partial charge in [0, 0.05) is 20.1 Å². The van der Waals surface area contributed by atoms with E-state index in [1.54, 1.807) is 21.3 Å². The summed E-state index contributed by atoms with van der Waals surface area (Å²) >= 11 is 0. The van der Waals surface area contributed by atoms with Crippen LogP contribution in [-0.4, -0.2) is 46.6 Å². The van der Waals surface area contributed by atoms with Crippen LogP contribution in [0, 0.1) is 6.92 Å². The Morgan fingerprint density at radius 2 is 1.83 bits per heavy atom. The summed E-state index contributed by atoms with van der Waals surface area (Å²) in [5.41, 5.74) is 1.54. The van der Waals surface area contributed by atoms with E-state index in [0.29, 0.717) is 37.7 Å². The van der Waals surface area contributed by atoms with Crippen molar-refractivity contribution in [1.82, 2.24) is 14.3 Å². The van der Waals surface area contributed by atoms with Crippen molar-refractivity contribution in [2.45, 2.75) is 6.92 Å². The second kappa shape index (κ2) is 6.29. The van der Waals surface area contributed by atoms with Crippen LogP contribution in [0.25, 0.3) is 5.69 Å². The molecule has 0 atom stereocenters. The third kappa shape index (κ3) is 2.87. The molecule has 1 aliphatic heterocycles. The Morgan fingerprint density at radius 1 is 1.17 bits per heavy atom. The van der Waals surface area contributed by atoms with Crippen LogP contribution in [0.3, 0.4) is 0 Å². The van der Waals surface area contributed by atoms with Gasteiger partial charge < -0.3 is 15.0 Å². The maximum atomic E-state index is 12.7. The van der Waals surface area contributed by atoms with Crippen molar-refractivity contribution < 1.29 is 9.53 Å². The third-order valence-electron chi connectivity index (χ3n) is 4.08. The molecule has 23 heavy (non-hydrogen) atoms. The Balaban J connectivity index is 1.92. The number of carbonyl (C=O) groups excluding carboxylic acids is 1. The Labute approximate surface area is 134 Å². The van der Waals surface area contributed by atoms with Gasteiger partial charge in [-0.25, -0.2) is 9.48 Å². The summed E-state index contributed by atoms with van der Waals surface area (Å²) in [6.45, 7) is 3.93. The van der Waals surface area contributed by atoms with Crippen molar-refractivity contribution >= 4 is 11.7 Å². The normalized spacial score (nSPS) is 14.8. The summed E-state index contributed by atoms with van der Waals surface area (Å²) in [4.78, 5) is 26.7. The second-order valence-corrected chi connectivity index (χ2v) is 5.47. The van der Waals surface area contributed by atoms with Crippen LogP contribution < -0.4 is 10.9 Å². The number of benzene rings is 1. The number of hydrogen-bond donors (Lipinski definition) is 1. The monoisotopic (exact) mass is 316 g/mol. The lowest BCUT2D eigenvalue weighted by atomic mass is 10.3. The number of ether oxygens (including phenoxy) is 1. The first-order chi connectivity index (χ1) is 11.1. The molecule has 7 nitrogen and oxygen atoms in total. The van der Waals surface area contributed by atoms with Crippen LogP contribution in [0.2, 0.25) is 0 Å². The molecule has 3 rings (SSSR count). The largest absolute Gasteiger partial charge is 0.378 e. The molecular formula is C16H20N4O3. The summed E-state index contributed by atoms with van der Waals surface area (Å²) in [6, 6.07) is 9.08. The highest BCUT2D eigenvalue weighted by Gasteiger charge is 2.22. The molecule has 1 aromatic heterocycles. The highest BCUT2D eigenvalue weighted by molar-refractivity contribution is 5.89. The van der Waals surface area contributed by atoms with E-state index < -0.39 is 0 Å². The zero-order valence-corrected chi connectivity index (χ0v) is 13.3. The topological polar surface area (TPSA) is 68.5 Å². The summed E-state index contributed by atoms with van der Waals surface area (Å²) in [6.07, 6.45) is 0. The van der Waals surface area contributed by atoms with E-state index in [9.17, 15) is 9.59 Å². The second-order valence-electron chi connectivity index (χ2n) is 5.47. The maximum Gasteiger partial charge on any atom is 0.322 e. The lowest BCUT2D eigenvalue weighted by molar-refractivity contribution is 0.0564. The molecule has 0 bridgehead atoms. The van der Waals surface area contributed by atoms with E-state index in [0.717, 1.165) is 5.69 Å². The molecule has 122 valence electrons. The molecule has 1 saturated heterocycles. The van der Waals surface area contributed by atoms with E-state index in [-0.39, 0.29) is 11.6 Å². The van der Waals surface area contributed by atoms with Gasteiger partial charge in [0.25, 0.3) is 5.56 Å². The number of nitrogens with zero attached hydrogens (tertiary/aromatic N) is 3. The number of nitrogens with one attached hydrogen (secondary N) is 1. The van der Waals surface area contributed by atoms with Crippen LogP contribution >= 0.6 is 0 Å². The molecule has 1 fully saturated rings. The number of hydrogen-bond acceptors (Lipinski definition) is 3. The van der Waals surface area contributed by atoms with E-state index in [1.807, 2.05) is 37.3 Å². The van der Waals surface area contributed by atoms with Gasteiger partial charge in [-0.1, -0.05) is 18.2 Å². The number of amides is 2. The van der Waals surface area contributed by atoms with Crippen LogP contribution in [0.4, 0.5) is 10.5 Å². The molecule has 7 heteroatoms. The molecule has 1 N–H and O–H groups in total. The lowest BCUT2D eigenvalue weighted by Gasteiger charge is -2.26. The molecule has 0 unspecified atom stereocenters. The third-order valence-corrected chi connectivity index (χ3v) is 4.08. The quantitative estimate of drug-likeness (QED) is 0.909. The fourth-order valence-electron chi connectivity index (χ4n) is 2.66. The Morgan fingerprint density at radius 3 is 2.48 bits per heavy atom. The minimum Gasteiger partial charge on any atom is -0.378 e. The molecule has 0 radical (unpaired) electrons. The predicted molar refractivity (Wildman–Crippen MR) is 87.2 cm³/mol. The Bertz CT molecular complexity index is 758. The number of para-hydroxylation sites is 1. The summed E-state index contributed by atoms with van der Waals surface area (Å²) in [7, 11) is 1.80. The van der Waals surface area contributed by atoms with Crippen molar-refractivity contribution in [3.05, 3.63) is 46.4 Å². The molecule has 2 amide bonds. The molecule has 1 aliphatic rings. The van der Waals surface area contributed by atoms with Gasteiger partial charge in [0.2, 0.25) is 0 Å². The number of carbonyl (C=O) groups is 1. The Kier molecular flexibility index (Phi) is 4.20. The van der Waals surface area contributed by atoms with E-state index in [1.165, 1.54) is 0 Å². The summed E-state index contributed by atoms with van der Waals surface area (Å²) in [5.74, 6) is 0. The minimum absolute atomic E-state index is 0.238. The van der Waals surface area contributed by atoms with E-state index in [2.05, 4.69) is 5.32 Å². The smallest absolute Gasteiger partial charge is 0.322 e. The van der Waals surface area contributed by atoms with E-state index in [4.69, 9.17) is 4.74 Å². The molecule has 2 aromatic rings. The standard InChI is InChI=1S/C16H20N4O3/c1-12-14(17-16(22)19-8-10-23-11-9-19)15(21)20(18(12)2)13-6-4-3-5-7-13/h3-7H,8-11H2,1-2H3,(H,17,22). The number of aromatic nitrogens is 2. The minimum atomic E-state index is -0.265. The fourth-order valence-corrected chi connectivity index (χ4v) is 2.66. The van der Waals surface area contributed by atoms with Crippen molar-refractivity contribution in [3.8, 4) is 5.69 Å². The number of morpholine rings is 1. The molecular weight excluding hydrogens is 296 g/mol. The average Bonchev–Trinajstić information content (AvgIpc) is 2.80. The number of rotatable bonds is 2. The maximum absolute atomic E-state index is 12.7. The van der Waals surface area contributed by atoms with Crippen LogP contribution in [0.15, 0.2) is 35.1 Å².